The molecule has 0 saturated carbocycles. The number of ether oxygens (including phenoxy) is 1. The van der Waals surface area contributed by atoms with Gasteiger partial charge in [-0.15, -0.1) is 0 Å². The first kappa shape index (κ1) is 14.8. The Morgan fingerprint density at radius 3 is 1.47 bits per heavy atom. The Kier molecular flexibility index (Phi) is 5.67. The van der Waals surface area contributed by atoms with Gasteiger partial charge in [0.25, 0.3) is 20.2 Å². The Bertz CT molecular complexity index is 332. The second kappa shape index (κ2) is 5.75. The monoisotopic (exact) mass is 262 g/mol. The molecule has 15 heavy (non-hydrogen) atoms. The molecule has 0 aliphatic rings. The zero-order valence-corrected chi connectivity index (χ0v) is 10.3. The van der Waals surface area contributed by atoms with Crippen molar-refractivity contribution in [1.82, 2.24) is 0 Å². The van der Waals surface area contributed by atoms with Gasteiger partial charge in [0, 0.05) is 7.11 Å². The molecule has 7 nitrogen and oxygen atoms in total. The maximum absolute atomic E-state index is 10.6. The molecule has 9 heteroatoms. The van der Waals surface area contributed by atoms with Gasteiger partial charge in [-0.2, -0.15) is 16.8 Å². The number of hydrogen-bond acceptors (Lipinski definition) is 7. The number of rotatable bonds is 7. The molecule has 92 valence electrons. The second-order valence-electron chi connectivity index (χ2n) is 2.83. The normalized spacial score (nSPS) is 13.3. The molecule has 0 aromatic carbocycles. The summed E-state index contributed by atoms with van der Waals surface area (Å²) in [4.78, 5) is 0. The van der Waals surface area contributed by atoms with Gasteiger partial charge in [0.05, 0.1) is 25.7 Å². The van der Waals surface area contributed by atoms with Gasteiger partial charge < -0.3 is 4.74 Å². The number of hydrogen-bond donors (Lipinski definition) is 0. The van der Waals surface area contributed by atoms with E-state index in [-0.39, 0.29) is 13.2 Å². The predicted octanol–water partition coefficient (Wildman–Crippen LogP) is -1.05. The van der Waals surface area contributed by atoms with Crippen molar-refractivity contribution >= 4 is 20.2 Å². The molecule has 0 spiro atoms. The second-order valence-corrected chi connectivity index (χ2v) is 6.12. The fraction of sp³-hybridized carbons (Fsp3) is 1.00. The lowest BCUT2D eigenvalue weighted by Crippen LogP contribution is -2.27. The summed E-state index contributed by atoms with van der Waals surface area (Å²) in [6, 6.07) is 0. The predicted molar refractivity (Wildman–Crippen MR) is 52.4 cm³/mol. The summed E-state index contributed by atoms with van der Waals surface area (Å²) >= 11 is 0. The van der Waals surface area contributed by atoms with Crippen LogP contribution in [0.5, 0.6) is 0 Å². The van der Waals surface area contributed by atoms with Gasteiger partial charge in [-0.05, 0) is 0 Å². The third kappa shape index (κ3) is 10.1. The van der Waals surface area contributed by atoms with Crippen molar-refractivity contribution in [2.45, 2.75) is 6.10 Å². The van der Waals surface area contributed by atoms with E-state index in [4.69, 9.17) is 4.74 Å². The molecule has 0 unspecified atom stereocenters. The highest BCUT2D eigenvalue weighted by molar-refractivity contribution is 7.86. The van der Waals surface area contributed by atoms with Crippen LogP contribution in [0.1, 0.15) is 0 Å². The first-order valence-corrected chi connectivity index (χ1v) is 7.49. The summed E-state index contributed by atoms with van der Waals surface area (Å²) in [7, 11) is -5.84. The highest BCUT2D eigenvalue weighted by atomic mass is 32.2. The minimum absolute atomic E-state index is 0.287. The molecule has 0 aromatic rings. The average Bonchev–Trinajstić information content (AvgIpc) is 2.00. The molecular formula is C6H14O7S2. The van der Waals surface area contributed by atoms with Crippen LogP contribution in [-0.2, 0) is 33.3 Å². The summed E-state index contributed by atoms with van der Waals surface area (Å²) in [5.41, 5.74) is 0. The first-order chi connectivity index (χ1) is 6.64. The summed E-state index contributed by atoms with van der Waals surface area (Å²) in [5, 5.41) is 0. The average molecular weight is 262 g/mol. The van der Waals surface area contributed by atoms with Crippen molar-refractivity contribution in [3.63, 3.8) is 0 Å². The lowest BCUT2D eigenvalue weighted by atomic mass is 10.4. The van der Waals surface area contributed by atoms with Crippen LogP contribution >= 0.6 is 0 Å². The highest BCUT2D eigenvalue weighted by Crippen LogP contribution is 1.98. The molecule has 0 aliphatic heterocycles. The fourth-order valence-corrected chi connectivity index (χ4v) is 1.38. The standard InChI is InChI=1S/C6H14O7S2/c1-11-6(4-12-14(2,7)8)5-13-15(3,9)10/h6H,4-5H2,1-3H3. The molecule has 0 N–H and O–H groups in total. The Morgan fingerprint density at radius 1 is 0.933 bits per heavy atom. The van der Waals surface area contributed by atoms with Crippen molar-refractivity contribution in [3.05, 3.63) is 0 Å². The maximum atomic E-state index is 10.6. The molecule has 0 radical (unpaired) electrons. The van der Waals surface area contributed by atoms with Crippen LogP contribution in [0.4, 0.5) is 0 Å². The third-order valence-corrected chi connectivity index (χ3v) is 2.40. The highest BCUT2D eigenvalue weighted by Gasteiger charge is 2.14. The molecule has 0 rings (SSSR count). The Hall–Kier alpha value is -0.220. The Labute approximate surface area is 89.6 Å². The lowest BCUT2D eigenvalue weighted by molar-refractivity contribution is 0.0278. The molecular weight excluding hydrogens is 248 g/mol. The SMILES string of the molecule is COC(COS(C)(=O)=O)COS(C)(=O)=O. The van der Waals surface area contributed by atoms with E-state index in [2.05, 4.69) is 8.37 Å². The van der Waals surface area contributed by atoms with E-state index in [1.165, 1.54) is 7.11 Å². The zero-order chi connectivity index (χ0) is 12.1. The van der Waals surface area contributed by atoms with Crippen LogP contribution in [0, 0.1) is 0 Å². The van der Waals surface area contributed by atoms with Gasteiger partial charge >= 0.3 is 0 Å². The molecule has 0 bridgehead atoms. The van der Waals surface area contributed by atoms with Gasteiger partial charge in [0.1, 0.15) is 6.10 Å². The van der Waals surface area contributed by atoms with E-state index in [9.17, 15) is 16.8 Å². The fourth-order valence-electron chi connectivity index (χ4n) is 0.583. The van der Waals surface area contributed by atoms with Crippen LogP contribution < -0.4 is 0 Å². The molecule has 0 saturated heterocycles. The quantitative estimate of drug-likeness (QED) is 0.540. The first-order valence-electron chi connectivity index (χ1n) is 3.85. The topological polar surface area (TPSA) is 96.0 Å². The van der Waals surface area contributed by atoms with E-state index in [1.54, 1.807) is 0 Å². The van der Waals surface area contributed by atoms with E-state index < -0.39 is 26.3 Å². The minimum Gasteiger partial charge on any atom is -0.377 e. The summed E-state index contributed by atoms with van der Waals surface area (Å²) in [6.07, 6.45) is 1.02. The van der Waals surface area contributed by atoms with Crippen LogP contribution in [0.3, 0.4) is 0 Å². The molecule has 0 aromatic heterocycles. The lowest BCUT2D eigenvalue weighted by Gasteiger charge is -2.13. The zero-order valence-electron chi connectivity index (χ0n) is 8.67. The van der Waals surface area contributed by atoms with Gasteiger partial charge in [-0.25, -0.2) is 0 Å². The van der Waals surface area contributed by atoms with Crippen molar-refractivity contribution in [1.29, 1.82) is 0 Å². The van der Waals surface area contributed by atoms with E-state index >= 15 is 0 Å². The molecule has 0 fully saturated rings. The minimum atomic E-state index is -3.57. The van der Waals surface area contributed by atoms with Crippen molar-refractivity contribution < 1.29 is 29.9 Å². The van der Waals surface area contributed by atoms with Crippen LogP contribution in [0.25, 0.3) is 0 Å². The van der Waals surface area contributed by atoms with Crippen molar-refractivity contribution in [3.8, 4) is 0 Å². The molecule has 0 heterocycles. The van der Waals surface area contributed by atoms with E-state index in [1.807, 2.05) is 0 Å². The van der Waals surface area contributed by atoms with Crippen LogP contribution in [0.2, 0.25) is 0 Å². The van der Waals surface area contributed by atoms with Crippen LogP contribution in [-0.4, -0.2) is 55.8 Å². The van der Waals surface area contributed by atoms with Crippen molar-refractivity contribution in [2.75, 3.05) is 32.8 Å². The number of methoxy groups -OCH3 is 1. The Balaban J connectivity index is 4.05. The summed E-state index contributed by atoms with van der Waals surface area (Å²) < 4.78 is 56.1. The summed E-state index contributed by atoms with van der Waals surface area (Å²) in [6.45, 7) is -0.574. The van der Waals surface area contributed by atoms with Crippen LogP contribution in [0.15, 0.2) is 0 Å². The smallest absolute Gasteiger partial charge is 0.264 e. The van der Waals surface area contributed by atoms with E-state index in [0.29, 0.717) is 0 Å². The van der Waals surface area contributed by atoms with Gasteiger partial charge in [-0.1, -0.05) is 0 Å². The third-order valence-electron chi connectivity index (χ3n) is 1.27. The largest absolute Gasteiger partial charge is 0.377 e. The molecule has 0 aliphatic carbocycles. The molecule has 0 amide bonds. The van der Waals surface area contributed by atoms with Gasteiger partial charge in [-0.3, -0.25) is 8.37 Å². The van der Waals surface area contributed by atoms with E-state index in [0.717, 1.165) is 12.5 Å². The van der Waals surface area contributed by atoms with Gasteiger partial charge in [0.15, 0.2) is 0 Å². The Morgan fingerprint density at radius 2 is 1.27 bits per heavy atom. The van der Waals surface area contributed by atoms with Crippen molar-refractivity contribution in [2.24, 2.45) is 0 Å². The van der Waals surface area contributed by atoms with Gasteiger partial charge in [0.2, 0.25) is 0 Å². The summed E-state index contributed by atoms with van der Waals surface area (Å²) in [5.74, 6) is 0. The maximum Gasteiger partial charge on any atom is 0.264 e. The molecule has 0 atom stereocenters.